The van der Waals surface area contributed by atoms with E-state index in [0.717, 1.165) is 18.4 Å². The molecular formula is C14H18N2O2. The summed E-state index contributed by atoms with van der Waals surface area (Å²) >= 11 is 0. The lowest BCUT2D eigenvalue weighted by Crippen LogP contribution is -2.65. The number of carbonyl (C=O) groups is 1. The van der Waals surface area contributed by atoms with Crippen LogP contribution in [0.25, 0.3) is 0 Å². The molecule has 1 heterocycles. The lowest BCUT2D eigenvalue weighted by molar-refractivity contribution is -0.160. The number of aliphatic hydroxyl groups is 1. The normalized spacial score (nSPS) is 23.3. The first-order chi connectivity index (χ1) is 8.60. The van der Waals surface area contributed by atoms with Gasteiger partial charge in [0, 0.05) is 0 Å². The van der Waals surface area contributed by atoms with Gasteiger partial charge in [0.25, 0.3) is 0 Å². The summed E-state index contributed by atoms with van der Waals surface area (Å²) in [5.74, 6) is 0.307. The van der Waals surface area contributed by atoms with Crippen molar-refractivity contribution in [1.29, 1.82) is 0 Å². The van der Waals surface area contributed by atoms with Crippen molar-refractivity contribution in [1.82, 2.24) is 4.90 Å². The molecule has 0 aromatic heterocycles. The molecule has 18 heavy (non-hydrogen) atoms. The molecule has 3 rings (SSSR count). The van der Waals surface area contributed by atoms with E-state index >= 15 is 0 Å². The number of benzene rings is 1. The van der Waals surface area contributed by atoms with E-state index in [1.54, 1.807) is 4.90 Å². The quantitative estimate of drug-likeness (QED) is 0.823. The SMILES string of the molecule is NC(C(=O)N1CC(O)(C2CC2)C1)c1ccccc1. The maximum atomic E-state index is 12.1. The van der Waals surface area contributed by atoms with Gasteiger partial charge >= 0.3 is 0 Å². The smallest absolute Gasteiger partial charge is 0.244 e. The van der Waals surface area contributed by atoms with Gasteiger partial charge in [0.1, 0.15) is 11.6 Å². The maximum absolute atomic E-state index is 12.1. The number of likely N-dealkylation sites (tertiary alicyclic amines) is 1. The van der Waals surface area contributed by atoms with E-state index in [2.05, 4.69) is 0 Å². The number of nitrogens with zero attached hydrogens (tertiary/aromatic N) is 1. The van der Waals surface area contributed by atoms with Gasteiger partial charge in [-0.3, -0.25) is 4.79 Å². The minimum atomic E-state index is -0.633. The van der Waals surface area contributed by atoms with Crippen LogP contribution in [-0.4, -0.2) is 34.6 Å². The van der Waals surface area contributed by atoms with Crippen LogP contribution in [0.1, 0.15) is 24.4 Å². The van der Waals surface area contributed by atoms with Crippen LogP contribution in [0.15, 0.2) is 30.3 Å². The van der Waals surface area contributed by atoms with Crippen molar-refractivity contribution in [2.75, 3.05) is 13.1 Å². The van der Waals surface area contributed by atoms with Crippen LogP contribution in [0.5, 0.6) is 0 Å². The first kappa shape index (κ1) is 11.7. The summed E-state index contributed by atoms with van der Waals surface area (Å²) in [7, 11) is 0. The highest BCUT2D eigenvalue weighted by Crippen LogP contribution is 2.44. The Bertz CT molecular complexity index is 450. The van der Waals surface area contributed by atoms with Crippen molar-refractivity contribution in [3.63, 3.8) is 0 Å². The number of carbonyl (C=O) groups excluding carboxylic acids is 1. The van der Waals surface area contributed by atoms with Gasteiger partial charge < -0.3 is 15.7 Å². The van der Waals surface area contributed by atoms with Crippen molar-refractivity contribution < 1.29 is 9.90 Å². The molecule has 1 unspecified atom stereocenters. The Balaban J connectivity index is 1.63. The van der Waals surface area contributed by atoms with E-state index in [9.17, 15) is 9.90 Å². The Labute approximate surface area is 106 Å². The Morgan fingerprint density at radius 1 is 1.33 bits per heavy atom. The molecule has 1 aromatic carbocycles. The average molecular weight is 246 g/mol. The summed E-state index contributed by atoms with van der Waals surface area (Å²) in [6.45, 7) is 0.883. The van der Waals surface area contributed by atoms with Gasteiger partial charge in [-0.25, -0.2) is 0 Å². The van der Waals surface area contributed by atoms with Crippen LogP contribution in [0, 0.1) is 5.92 Å². The third-order valence-corrected chi connectivity index (χ3v) is 4.00. The highest BCUT2D eigenvalue weighted by molar-refractivity contribution is 5.84. The van der Waals surface area contributed by atoms with Gasteiger partial charge in [0.05, 0.1) is 13.1 Å². The Hall–Kier alpha value is -1.39. The van der Waals surface area contributed by atoms with Gasteiger partial charge in [-0.05, 0) is 24.3 Å². The highest BCUT2D eigenvalue weighted by atomic mass is 16.3. The molecule has 4 nitrogen and oxygen atoms in total. The van der Waals surface area contributed by atoms with Crippen LogP contribution in [0.3, 0.4) is 0 Å². The van der Waals surface area contributed by atoms with Crippen molar-refractivity contribution in [3.8, 4) is 0 Å². The van der Waals surface area contributed by atoms with Crippen molar-refractivity contribution >= 4 is 5.91 Å². The minimum absolute atomic E-state index is 0.0912. The zero-order chi connectivity index (χ0) is 12.8. The van der Waals surface area contributed by atoms with Gasteiger partial charge in [0.2, 0.25) is 5.91 Å². The van der Waals surface area contributed by atoms with E-state index in [1.807, 2.05) is 30.3 Å². The predicted octanol–water partition coefficient (Wildman–Crippen LogP) is 0.670. The molecule has 1 saturated carbocycles. The summed E-state index contributed by atoms with van der Waals surface area (Å²) < 4.78 is 0. The molecule has 2 aliphatic rings. The third kappa shape index (κ3) is 1.91. The summed E-state index contributed by atoms with van der Waals surface area (Å²) in [4.78, 5) is 13.8. The fourth-order valence-corrected chi connectivity index (χ4v) is 2.65. The first-order valence-electron chi connectivity index (χ1n) is 6.42. The Morgan fingerprint density at radius 3 is 2.50 bits per heavy atom. The second kappa shape index (κ2) is 4.07. The van der Waals surface area contributed by atoms with Crippen molar-refractivity contribution in [2.24, 2.45) is 11.7 Å². The van der Waals surface area contributed by atoms with E-state index < -0.39 is 11.6 Å². The molecule has 1 aliphatic carbocycles. The largest absolute Gasteiger partial charge is 0.386 e. The summed E-state index contributed by atoms with van der Waals surface area (Å²) in [6.07, 6.45) is 2.17. The molecule has 1 amide bonds. The van der Waals surface area contributed by atoms with Crippen LogP contribution in [0.4, 0.5) is 0 Å². The highest BCUT2D eigenvalue weighted by Gasteiger charge is 2.53. The topological polar surface area (TPSA) is 66.6 Å². The number of hydrogen-bond acceptors (Lipinski definition) is 3. The molecule has 1 aliphatic heterocycles. The van der Waals surface area contributed by atoms with Crippen molar-refractivity contribution in [2.45, 2.75) is 24.5 Å². The Morgan fingerprint density at radius 2 is 1.94 bits per heavy atom. The average Bonchev–Trinajstić information content (AvgIpc) is 3.19. The standard InChI is InChI=1S/C14H18N2O2/c15-12(10-4-2-1-3-5-10)13(17)16-8-14(18,9-16)11-6-7-11/h1-5,11-12,18H,6-9,15H2. The molecule has 1 atom stereocenters. The molecule has 0 spiro atoms. The van der Waals surface area contributed by atoms with Crippen molar-refractivity contribution in [3.05, 3.63) is 35.9 Å². The summed E-state index contributed by atoms with van der Waals surface area (Å²) in [5.41, 5.74) is 6.15. The summed E-state index contributed by atoms with van der Waals surface area (Å²) in [6, 6.07) is 8.74. The van der Waals surface area contributed by atoms with Crippen LogP contribution < -0.4 is 5.73 Å². The number of rotatable bonds is 3. The van der Waals surface area contributed by atoms with Gasteiger partial charge in [-0.15, -0.1) is 0 Å². The Kier molecular flexibility index (Phi) is 2.64. The number of hydrogen-bond donors (Lipinski definition) is 2. The van der Waals surface area contributed by atoms with E-state index in [0.29, 0.717) is 19.0 Å². The molecule has 1 aromatic rings. The number of β-amino-alcohol motifs (C(OH)–C–C–N with tert-alkyl or cyclic N) is 1. The zero-order valence-electron chi connectivity index (χ0n) is 10.2. The lowest BCUT2D eigenvalue weighted by atomic mass is 9.88. The molecule has 96 valence electrons. The fourth-order valence-electron chi connectivity index (χ4n) is 2.65. The fraction of sp³-hybridized carbons (Fsp3) is 0.500. The van der Waals surface area contributed by atoms with Gasteiger partial charge in [-0.2, -0.15) is 0 Å². The first-order valence-corrected chi connectivity index (χ1v) is 6.42. The second-order valence-electron chi connectivity index (χ2n) is 5.46. The van der Waals surface area contributed by atoms with Gasteiger partial charge in [0.15, 0.2) is 0 Å². The second-order valence-corrected chi connectivity index (χ2v) is 5.46. The number of amides is 1. The van der Waals surface area contributed by atoms with Gasteiger partial charge in [-0.1, -0.05) is 30.3 Å². The predicted molar refractivity (Wildman–Crippen MR) is 67.6 cm³/mol. The van der Waals surface area contributed by atoms with Crippen LogP contribution in [-0.2, 0) is 4.79 Å². The van der Waals surface area contributed by atoms with E-state index in [-0.39, 0.29) is 5.91 Å². The maximum Gasteiger partial charge on any atom is 0.244 e. The molecule has 0 bridgehead atoms. The molecule has 0 radical (unpaired) electrons. The molecule has 1 saturated heterocycles. The zero-order valence-corrected chi connectivity index (χ0v) is 10.2. The molecule has 3 N–H and O–H groups in total. The van der Waals surface area contributed by atoms with Crippen LogP contribution in [0.2, 0.25) is 0 Å². The molecular weight excluding hydrogens is 228 g/mol. The third-order valence-electron chi connectivity index (χ3n) is 4.00. The van der Waals surface area contributed by atoms with E-state index in [4.69, 9.17) is 5.73 Å². The number of nitrogens with two attached hydrogens (primary N) is 1. The van der Waals surface area contributed by atoms with E-state index in [1.165, 1.54) is 0 Å². The summed E-state index contributed by atoms with van der Waals surface area (Å²) in [5, 5.41) is 10.2. The molecule has 2 fully saturated rings. The van der Waals surface area contributed by atoms with Crippen LogP contribution >= 0.6 is 0 Å². The minimum Gasteiger partial charge on any atom is -0.386 e. The molecule has 4 heteroatoms. The lowest BCUT2D eigenvalue weighted by Gasteiger charge is -2.47. The monoisotopic (exact) mass is 246 g/mol.